The summed E-state index contributed by atoms with van der Waals surface area (Å²) in [5.74, 6) is -4.68. The molecule has 0 N–H and O–H groups in total. The molecule has 0 amide bonds. The van der Waals surface area contributed by atoms with Gasteiger partial charge in [-0.05, 0) is 83.6 Å². The summed E-state index contributed by atoms with van der Waals surface area (Å²) in [4.78, 5) is 0. The summed E-state index contributed by atoms with van der Waals surface area (Å²) >= 11 is 0. The number of benzene rings is 4. The van der Waals surface area contributed by atoms with Crippen LogP contribution in [0.25, 0.3) is 22.3 Å². The summed E-state index contributed by atoms with van der Waals surface area (Å²) in [6.45, 7) is 0.797. The maximum atomic E-state index is 14.4. The first-order valence-corrected chi connectivity index (χ1v) is 14.6. The Morgan fingerprint density at radius 3 is 0.953 bits per heavy atom. The van der Waals surface area contributed by atoms with E-state index in [-0.39, 0.29) is 11.5 Å². The fourth-order valence-corrected chi connectivity index (χ4v) is 4.75. The zero-order valence-corrected chi connectivity index (χ0v) is 23.8. The lowest BCUT2D eigenvalue weighted by Crippen LogP contribution is -2.00. The highest BCUT2D eigenvalue weighted by atomic mass is 19.2. The van der Waals surface area contributed by atoms with E-state index in [0.29, 0.717) is 35.5 Å². The third-order valence-corrected chi connectivity index (χ3v) is 7.17. The molecule has 228 valence electrons. The fourth-order valence-electron chi connectivity index (χ4n) is 4.75. The first kappa shape index (κ1) is 32.0. The number of ether oxygens (including phenoxy) is 2. The normalized spacial score (nSPS) is 11.1. The highest BCUT2D eigenvalue weighted by molar-refractivity contribution is 5.65. The first-order chi connectivity index (χ1) is 20.8. The molecule has 0 heterocycles. The molecule has 0 saturated carbocycles. The van der Waals surface area contributed by atoms with E-state index in [0.717, 1.165) is 82.1 Å². The molecule has 0 spiro atoms. The van der Waals surface area contributed by atoms with E-state index in [1.54, 1.807) is 12.1 Å². The van der Waals surface area contributed by atoms with Crippen molar-refractivity contribution in [2.45, 2.75) is 57.8 Å². The Morgan fingerprint density at radius 1 is 0.326 bits per heavy atom. The van der Waals surface area contributed by atoms with Gasteiger partial charge in [0.25, 0.3) is 0 Å². The Labute approximate surface area is 248 Å². The van der Waals surface area contributed by atoms with Crippen LogP contribution in [0.5, 0.6) is 11.5 Å². The second kappa shape index (κ2) is 16.1. The Bertz CT molecular complexity index is 1380. The van der Waals surface area contributed by atoms with Gasteiger partial charge in [0.15, 0.2) is 46.4 Å². The van der Waals surface area contributed by atoms with E-state index < -0.39 is 34.9 Å². The molecule has 2 nitrogen and oxygen atoms in total. The van der Waals surface area contributed by atoms with E-state index in [1.165, 1.54) is 36.4 Å². The van der Waals surface area contributed by atoms with Crippen molar-refractivity contribution in [2.24, 2.45) is 0 Å². The number of hydrogen-bond acceptors (Lipinski definition) is 2. The lowest BCUT2D eigenvalue weighted by molar-refractivity contribution is 0.288. The first-order valence-electron chi connectivity index (χ1n) is 14.6. The lowest BCUT2D eigenvalue weighted by atomic mass is 10.1. The number of rotatable bonds is 16. The summed E-state index contributed by atoms with van der Waals surface area (Å²) in [6, 6.07) is 15.6. The molecule has 4 aromatic carbocycles. The van der Waals surface area contributed by atoms with Gasteiger partial charge >= 0.3 is 0 Å². The molecule has 43 heavy (non-hydrogen) atoms. The van der Waals surface area contributed by atoms with Crippen LogP contribution in [0.15, 0.2) is 72.8 Å². The predicted molar refractivity (Wildman–Crippen MR) is 156 cm³/mol. The molecule has 0 aliphatic rings. The van der Waals surface area contributed by atoms with Gasteiger partial charge in [-0.15, -0.1) is 0 Å². The van der Waals surface area contributed by atoms with Crippen LogP contribution in [0.3, 0.4) is 0 Å². The van der Waals surface area contributed by atoms with Crippen LogP contribution in [0.4, 0.5) is 26.3 Å². The van der Waals surface area contributed by atoms with Crippen LogP contribution >= 0.6 is 0 Å². The van der Waals surface area contributed by atoms with Crippen molar-refractivity contribution >= 4 is 0 Å². The molecular weight excluding hydrogens is 566 g/mol. The number of unbranched alkanes of at least 4 members (excludes halogenated alkanes) is 8. The second-order valence-electron chi connectivity index (χ2n) is 10.4. The zero-order valence-electron chi connectivity index (χ0n) is 23.8. The third-order valence-electron chi connectivity index (χ3n) is 7.17. The number of halogens is 6. The van der Waals surface area contributed by atoms with Crippen molar-refractivity contribution in [3.8, 4) is 33.8 Å². The molecular formula is C35H34F6O2. The molecule has 0 aliphatic carbocycles. The lowest BCUT2D eigenvalue weighted by Gasteiger charge is -2.10. The maximum absolute atomic E-state index is 14.4. The minimum absolute atomic E-state index is 0.136. The number of hydrogen-bond donors (Lipinski definition) is 0. The van der Waals surface area contributed by atoms with Crippen LogP contribution in [0, 0.1) is 34.9 Å². The smallest absolute Gasteiger partial charge is 0.165 e. The highest BCUT2D eigenvalue weighted by Crippen LogP contribution is 2.28. The van der Waals surface area contributed by atoms with Crippen molar-refractivity contribution in [3.05, 3.63) is 108 Å². The standard InChI is InChI=1S/C35H34F6O2/c36-28-14-10-24(20-30(28)38)26-12-16-34(32(40)22-26)42-18-8-6-4-2-1-3-5-7-9-19-43-35-17-13-27(23-33(35)41)25-11-15-29(37)31(39)21-25/h10-17,20-23H,1-9,18-19H2. The van der Waals surface area contributed by atoms with Gasteiger partial charge in [0, 0.05) is 0 Å². The molecule has 4 aromatic rings. The van der Waals surface area contributed by atoms with Gasteiger partial charge < -0.3 is 9.47 Å². The largest absolute Gasteiger partial charge is 0.491 e. The molecule has 0 bridgehead atoms. The zero-order chi connectivity index (χ0) is 30.6. The van der Waals surface area contributed by atoms with Crippen molar-refractivity contribution in [2.75, 3.05) is 13.2 Å². The van der Waals surface area contributed by atoms with Gasteiger partial charge in [0.05, 0.1) is 13.2 Å². The minimum Gasteiger partial charge on any atom is -0.491 e. The van der Waals surface area contributed by atoms with Gasteiger partial charge in [-0.2, -0.15) is 0 Å². The fraction of sp³-hybridized carbons (Fsp3) is 0.314. The summed E-state index contributed by atoms with van der Waals surface area (Å²) < 4.78 is 93.1. The van der Waals surface area contributed by atoms with Gasteiger partial charge in [-0.25, -0.2) is 26.3 Å². The van der Waals surface area contributed by atoms with Gasteiger partial charge in [0.1, 0.15) is 0 Å². The average Bonchev–Trinajstić information content (AvgIpc) is 2.99. The van der Waals surface area contributed by atoms with Crippen LogP contribution < -0.4 is 9.47 Å². The Hall–Kier alpha value is -3.94. The van der Waals surface area contributed by atoms with E-state index >= 15 is 0 Å². The van der Waals surface area contributed by atoms with Crippen molar-refractivity contribution < 1.29 is 35.8 Å². The quantitative estimate of drug-likeness (QED) is 0.0941. The Kier molecular flexibility index (Phi) is 11.9. The minimum atomic E-state index is -0.980. The van der Waals surface area contributed by atoms with Crippen LogP contribution in [-0.4, -0.2) is 13.2 Å². The van der Waals surface area contributed by atoms with Crippen LogP contribution in [-0.2, 0) is 0 Å². The summed E-state index contributed by atoms with van der Waals surface area (Å²) in [5.41, 5.74) is 1.66. The van der Waals surface area contributed by atoms with Crippen LogP contribution in [0.1, 0.15) is 57.8 Å². The molecule has 0 radical (unpaired) electrons. The van der Waals surface area contributed by atoms with Crippen LogP contribution in [0.2, 0.25) is 0 Å². The van der Waals surface area contributed by atoms with E-state index in [2.05, 4.69) is 0 Å². The van der Waals surface area contributed by atoms with E-state index in [9.17, 15) is 26.3 Å². The topological polar surface area (TPSA) is 18.5 Å². The van der Waals surface area contributed by atoms with Gasteiger partial charge in [-0.1, -0.05) is 69.2 Å². The molecule has 0 aliphatic heterocycles. The van der Waals surface area contributed by atoms with E-state index in [4.69, 9.17) is 9.47 Å². The SMILES string of the molecule is Fc1ccc(-c2ccc(OCCCCCCCCCCCOc3ccc(-c4ccc(F)c(F)c4)cc3F)c(F)c2)cc1F. The van der Waals surface area contributed by atoms with Gasteiger partial charge in [0.2, 0.25) is 0 Å². The summed E-state index contributed by atoms with van der Waals surface area (Å²) in [5, 5.41) is 0. The molecule has 4 rings (SSSR count). The molecule has 0 fully saturated rings. The highest BCUT2D eigenvalue weighted by Gasteiger charge is 2.10. The average molecular weight is 601 g/mol. The maximum Gasteiger partial charge on any atom is 0.165 e. The Balaban J connectivity index is 1.02. The van der Waals surface area contributed by atoms with E-state index in [1.807, 2.05) is 0 Å². The molecule has 0 unspecified atom stereocenters. The predicted octanol–water partition coefficient (Wildman–Crippen LogP) is 10.8. The molecule has 0 aromatic heterocycles. The monoisotopic (exact) mass is 600 g/mol. The second-order valence-corrected chi connectivity index (χ2v) is 10.4. The van der Waals surface area contributed by atoms with Crippen molar-refractivity contribution in [3.63, 3.8) is 0 Å². The van der Waals surface area contributed by atoms with Crippen molar-refractivity contribution in [1.29, 1.82) is 0 Å². The molecule has 8 heteroatoms. The van der Waals surface area contributed by atoms with Gasteiger partial charge in [-0.3, -0.25) is 0 Å². The molecule has 0 atom stereocenters. The summed E-state index contributed by atoms with van der Waals surface area (Å²) in [6.07, 6.45) is 8.99. The summed E-state index contributed by atoms with van der Waals surface area (Å²) in [7, 11) is 0. The third kappa shape index (κ3) is 9.53. The van der Waals surface area contributed by atoms with Crippen molar-refractivity contribution in [1.82, 2.24) is 0 Å². The molecule has 0 saturated heterocycles. The Morgan fingerprint density at radius 2 is 0.628 bits per heavy atom.